The molecule has 1 aromatic heterocycles. The molecule has 1 atom stereocenters. The molecule has 1 saturated heterocycles. The maximum atomic E-state index is 11.9. The summed E-state index contributed by atoms with van der Waals surface area (Å²) in [6.45, 7) is 0. The highest BCUT2D eigenvalue weighted by atomic mass is 79.9. The summed E-state index contributed by atoms with van der Waals surface area (Å²) >= 11 is 5.26. The van der Waals surface area contributed by atoms with Crippen molar-refractivity contribution in [3.63, 3.8) is 0 Å². The van der Waals surface area contributed by atoms with Crippen LogP contribution in [-0.4, -0.2) is 28.0 Å². The molecule has 82 valence electrons. The molecule has 0 aromatic carbocycles. The third-order valence-corrected chi connectivity index (χ3v) is 4.07. The number of amides is 1. The maximum absolute atomic E-state index is 11.9. The zero-order valence-corrected chi connectivity index (χ0v) is 10.9. The molecule has 2 rings (SSSR count). The molecule has 1 fully saturated rings. The van der Waals surface area contributed by atoms with Gasteiger partial charge in [0, 0.05) is 29.5 Å². The fourth-order valence-corrected chi connectivity index (χ4v) is 3.33. The average molecular weight is 289 g/mol. The van der Waals surface area contributed by atoms with Crippen molar-refractivity contribution in [1.82, 2.24) is 9.88 Å². The fourth-order valence-electron chi connectivity index (χ4n) is 1.66. The Labute approximate surface area is 102 Å². The topological polar surface area (TPSA) is 34.0 Å². The Morgan fingerprint density at radius 1 is 1.73 bits per heavy atom. The van der Waals surface area contributed by atoms with Gasteiger partial charge in [-0.05, 0) is 34.2 Å². The molecule has 15 heavy (non-hydrogen) atoms. The summed E-state index contributed by atoms with van der Waals surface area (Å²) in [5.41, 5.74) is 0.707. The van der Waals surface area contributed by atoms with Crippen LogP contribution in [0.1, 0.15) is 16.9 Å². The van der Waals surface area contributed by atoms with Gasteiger partial charge >= 0.3 is 0 Å². The van der Waals surface area contributed by atoms with E-state index < -0.39 is 0 Å². The molecule has 3 nitrogen and oxygen atoms in total. The van der Waals surface area contributed by atoms with E-state index in [1.165, 1.54) is 0 Å². The second-order valence-electron chi connectivity index (χ2n) is 3.69. The molecule has 0 aliphatic carbocycles. The van der Waals surface area contributed by atoms with Crippen LogP contribution in [-0.2, 0) is 7.05 Å². The van der Waals surface area contributed by atoms with E-state index in [2.05, 4.69) is 21.2 Å². The highest BCUT2D eigenvalue weighted by molar-refractivity contribution is 9.10. The summed E-state index contributed by atoms with van der Waals surface area (Å²) in [6, 6.07) is 2.19. The molecule has 1 unspecified atom stereocenters. The van der Waals surface area contributed by atoms with Crippen LogP contribution in [0.5, 0.6) is 0 Å². The Balaban J connectivity index is 2.03. The Kier molecular flexibility index (Phi) is 3.41. The van der Waals surface area contributed by atoms with Crippen molar-refractivity contribution in [2.24, 2.45) is 7.05 Å². The van der Waals surface area contributed by atoms with Crippen molar-refractivity contribution >= 4 is 33.6 Å². The van der Waals surface area contributed by atoms with E-state index in [1.54, 1.807) is 0 Å². The minimum Gasteiger partial charge on any atom is -0.347 e. The number of aromatic nitrogens is 1. The molecule has 0 radical (unpaired) electrons. The van der Waals surface area contributed by atoms with Crippen LogP contribution in [0.4, 0.5) is 0 Å². The van der Waals surface area contributed by atoms with Crippen LogP contribution < -0.4 is 5.32 Å². The first-order chi connectivity index (χ1) is 7.16. The van der Waals surface area contributed by atoms with Crippen molar-refractivity contribution in [3.8, 4) is 0 Å². The normalized spacial score (nSPS) is 20.5. The molecule has 1 aliphatic heterocycles. The van der Waals surface area contributed by atoms with Gasteiger partial charge in [0.05, 0.1) is 0 Å². The smallest absolute Gasteiger partial charge is 0.268 e. The Morgan fingerprint density at radius 2 is 2.53 bits per heavy atom. The van der Waals surface area contributed by atoms with Crippen molar-refractivity contribution < 1.29 is 4.79 Å². The summed E-state index contributed by atoms with van der Waals surface area (Å²) in [6.07, 6.45) is 2.97. The summed E-state index contributed by atoms with van der Waals surface area (Å²) in [7, 11) is 1.88. The van der Waals surface area contributed by atoms with Crippen LogP contribution in [0, 0.1) is 0 Å². The van der Waals surface area contributed by atoms with Gasteiger partial charge in [-0.15, -0.1) is 0 Å². The summed E-state index contributed by atoms with van der Waals surface area (Å²) in [4.78, 5) is 11.9. The van der Waals surface area contributed by atoms with E-state index in [-0.39, 0.29) is 5.91 Å². The number of carbonyl (C=O) groups excluding carboxylic acids is 1. The highest BCUT2D eigenvalue weighted by Crippen LogP contribution is 2.18. The zero-order chi connectivity index (χ0) is 10.8. The third-order valence-electron chi connectivity index (χ3n) is 2.47. The van der Waals surface area contributed by atoms with Crippen LogP contribution in [0.2, 0.25) is 0 Å². The second kappa shape index (κ2) is 4.61. The zero-order valence-electron chi connectivity index (χ0n) is 8.50. The number of nitrogens with zero attached hydrogens (tertiary/aromatic N) is 1. The number of thioether (sulfide) groups is 1. The van der Waals surface area contributed by atoms with Crippen LogP contribution in [0.25, 0.3) is 0 Å². The predicted octanol–water partition coefficient (Wildman–Crippen LogP) is 2.02. The van der Waals surface area contributed by atoms with E-state index in [4.69, 9.17) is 0 Å². The van der Waals surface area contributed by atoms with E-state index in [0.29, 0.717) is 11.7 Å². The van der Waals surface area contributed by atoms with Crippen molar-refractivity contribution in [2.75, 3.05) is 11.5 Å². The molecule has 1 aromatic rings. The van der Waals surface area contributed by atoms with Crippen LogP contribution in [0.3, 0.4) is 0 Å². The standard InChI is InChI=1S/C10H13BrN2OS/c1-13-5-7(11)4-9(13)10(14)12-8-2-3-15-6-8/h4-5,8H,2-3,6H2,1H3,(H,12,14). The van der Waals surface area contributed by atoms with Gasteiger partial charge in [-0.2, -0.15) is 11.8 Å². The average Bonchev–Trinajstić information content (AvgIpc) is 2.75. The van der Waals surface area contributed by atoms with Crippen molar-refractivity contribution in [3.05, 3.63) is 22.4 Å². The largest absolute Gasteiger partial charge is 0.347 e. The number of aryl methyl sites for hydroxylation is 1. The van der Waals surface area contributed by atoms with E-state index in [9.17, 15) is 4.79 Å². The molecule has 2 heterocycles. The Hall–Kier alpha value is -0.420. The number of carbonyl (C=O) groups is 1. The number of nitrogens with one attached hydrogen (secondary N) is 1. The summed E-state index contributed by atoms with van der Waals surface area (Å²) in [5.74, 6) is 2.22. The molecule has 0 bridgehead atoms. The molecule has 1 N–H and O–H groups in total. The number of halogens is 1. The monoisotopic (exact) mass is 288 g/mol. The Bertz CT molecular complexity index is 371. The molecule has 0 saturated carbocycles. The lowest BCUT2D eigenvalue weighted by atomic mass is 10.2. The van der Waals surface area contributed by atoms with Gasteiger partial charge < -0.3 is 9.88 Å². The van der Waals surface area contributed by atoms with E-state index in [1.807, 2.05) is 35.6 Å². The van der Waals surface area contributed by atoms with Crippen LogP contribution in [0.15, 0.2) is 16.7 Å². The van der Waals surface area contributed by atoms with Crippen molar-refractivity contribution in [1.29, 1.82) is 0 Å². The minimum atomic E-state index is 0.0238. The predicted molar refractivity (Wildman–Crippen MR) is 66.3 cm³/mol. The molecule has 1 aliphatic rings. The van der Waals surface area contributed by atoms with Gasteiger partial charge in [-0.25, -0.2) is 0 Å². The maximum Gasteiger partial charge on any atom is 0.268 e. The van der Waals surface area contributed by atoms with Gasteiger partial charge in [0.15, 0.2) is 0 Å². The number of hydrogen-bond acceptors (Lipinski definition) is 2. The number of rotatable bonds is 2. The third kappa shape index (κ3) is 2.58. The lowest BCUT2D eigenvalue weighted by molar-refractivity contribution is 0.0933. The highest BCUT2D eigenvalue weighted by Gasteiger charge is 2.19. The SMILES string of the molecule is Cn1cc(Br)cc1C(=O)NC1CCSC1. The number of hydrogen-bond donors (Lipinski definition) is 1. The van der Waals surface area contributed by atoms with Crippen LogP contribution >= 0.6 is 27.7 Å². The minimum absolute atomic E-state index is 0.0238. The van der Waals surface area contributed by atoms with Gasteiger partial charge in [0.1, 0.15) is 5.69 Å². The summed E-state index contributed by atoms with van der Waals surface area (Å²) < 4.78 is 2.78. The Morgan fingerprint density at radius 3 is 3.07 bits per heavy atom. The second-order valence-corrected chi connectivity index (χ2v) is 5.75. The van der Waals surface area contributed by atoms with Gasteiger partial charge in [0.2, 0.25) is 0 Å². The van der Waals surface area contributed by atoms with E-state index in [0.717, 1.165) is 22.4 Å². The molecule has 5 heteroatoms. The lowest BCUT2D eigenvalue weighted by Gasteiger charge is -2.11. The molecular weight excluding hydrogens is 276 g/mol. The lowest BCUT2D eigenvalue weighted by Crippen LogP contribution is -2.35. The molecular formula is C10H13BrN2OS. The van der Waals surface area contributed by atoms with Gasteiger partial charge in [-0.3, -0.25) is 4.79 Å². The first-order valence-corrected chi connectivity index (χ1v) is 6.82. The molecule has 0 spiro atoms. The molecule has 1 amide bonds. The van der Waals surface area contributed by atoms with Gasteiger partial charge in [0.25, 0.3) is 5.91 Å². The summed E-state index contributed by atoms with van der Waals surface area (Å²) in [5, 5.41) is 3.05. The van der Waals surface area contributed by atoms with Crippen molar-refractivity contribution in [2.45, 2.75) is 12.5 Å². The first-order valence-electron chi connectivity index (χ1n) is 4.87. The van der Waals surface area contributed by atoms with E-state index >= 15 is 0 Å². The van der Waals surface area contributed by atoms with Gasteiger partial charge in [-0.1, -0.05) is 0 Å². The fraction of sp³-hybridized carbons (Fsp3) is 0.500. The first kappa shape index (κ1) is 11.1. The quantitative estimate of drug-likeness (QED) is 0.904.